The summed E-state index contributed by atoms with van der Waals surface area (Å²) >= 11 is 4.37. The van der Waals surface area contributed by atoms with Crippen molar-refractivity contribution < 1.29 is 4.84 Å². The molecule has 1 heterocycles. The number of rotatable bonds is 7. The molecular weight excluding hydrogens is 376 g/mol. The van der Waals surface area contributed by atoms with Gasteiger partial charge in [-0.05, 0) is 42.3 Å². The van der Waals surface area contributed by atoms with Gasteiger partial charge in [-0.15, -0.1) is 0 Å². The topological polar surface area (TPSA) is 24.8 Å². The van der Waals surface area contributed by atoms with E-state index in [1.54, 1.807) is 0 Å². The molecule has 0 spiro atoms. The fourth-order valence-corrected chi connectivity index (χ4v) is 3.95. The minimum absolute atomic E-state index is 0. The average molecular weight is 407 g/mol. The summed E-state index contributed by atoms with van der Waals surface area (Å²) < 4.78 is 0. The van der Waals surface area contributed by atoms with E-state index in [1.807, 2.05) is 0 Å². The van der Waals surface area contributed by atoms with Crippen LogP contribution in [0.1, 0.15) is 37.0 Å². The highest BCUT2D eigenvalue weighted by Crippen LogP contribution is 2.23. The highest BCUT2D eigenvalue weighted by molar-refractivity contribution is 7.79. The average Bonchev–Trinajstić information content (AvgIpc) is 3.27. The molecule has 0 radical (unpaired) electrons. The van der Waals surface area contributed by atoms with Crippen LogP contribution in [0.3, 0.4) is 0 Å². The van der Waals surface area contributed by atoms with Gasteiger partial charge in [-0.25, -0.2) is 0 Å². The Morgan fingerprint density at radius 3 is 2.41 bits per heavy atom. The van der Waals surface area contributed by atoms with Crippen LogP contribution in [0.15, 0.2) is 71.9 Å². The Labute approximate surface area is 179 Å². The number of likely N-dealkylation sites (tertiary alicyclic amines) is 1. The van der Waals surface area contributed by atoms with Crippen LogP contribution < -0.4 is 0 Å². The van der Waals surface area contributed by atoms with Gasteiger partial charge >= 0.3 is 0 Å². The summed E-state index contributed by atoms with van der Waals surface area (Å²) in [6.45, 7) is 3.90. The normalized spacial score (nSPS) is 14.7. The maximum absolute atomic E-state index is 5.80. The fourth-order valence-electron chi connectivity index (χ4n) is 3.74. The number of oxime groups is 1. The third kappa shape index (κ3) is 5.20. The van der Waals surface area contributed by atoms with Gasteiger partial charge in [0.25, 0.3) is 0 Å². The molecule has 3 aromatic rings. The molecule has 0 aromatic heterocycles. The van der Waals surface area contributed by atoms with Crippen LogP contribution in [0, 0.1) is 0 Å². The van der Waals surface area contributed by atoms with Gasteiger partial charge in [0.05, 0.1) is 0 Å². The molecular formula is C25H30N2OS. The van der Waals surface area contributed by atoms with Crippen LogP contribution in [-0.2, 0) is 10.6 Å². The summed E-state index contributed by atoms with van der Waals surface area (Å²) in [4.78, 5) is 8.24. The fraction of sp³-hybridized carbons (Fsp3) is 0.320. The molecule has 152 valence electrons. The van der Waals surface area contributed by atoms with Gasteiger partial charge in [-0.3, -0.25) is 4.90 Å². The molecule has 1 saturated heterocycles. The van der Waals surface area contributed by atoms with E-state index in [0.29, 0.717) is 6.61 Å². The maximum Gasteiger partial charge on any atom is 0.129 e. The molecule has 1 fully saturated rings. The SMILES string of the molecule is C.SCc1ccc(/C(=N/OCCN2CCCC2)c2cccc3ccccc23)cc1. The Kier molecular flexibility index (Phi) is 7.73. The van der Waals surface area contributed by atoms with Crippen LogP contribution in [0.25, 0.3) is 10.8 Å². The van der Waals surface area contributed by atoms with E-state index in [1.165, 1.54) is 42.3 Å². The Balaban J connectivity index is 0.00000240. The number of nitrogens with zero attached hydrogens (tertiary/aromatic N) is 2. The van der Waals surface area contributed by atoms with Crippen LogP contribution in [0.2, 0.25) is 0 Å². The third-order valence-electron chi connectivity index (χ3n) is 5.31. The lowest BCUT2D eigenvalue weighted by Crippen LogP contribution is -2.23. The van der Waals surface area contributed by atoms with Crippen molar-refractivity contribution in [2.75, 3.05) is 26.2 Å². The minimum atomic E-state index is 0. The smallest absolute Gasteiger partial charge is 0.129 e. The number of benzene rings is 3. The van der Waals surface area contributed by atoms with Crippen LogP contribution >= 0.6 is 12.6 Å². The molecule has 4 rings (SSSR count). The number of fused-ring (bicyclic) bond motifs is 1. The summed E-state index contributed by atoms with van der Waals surface area (Å²) in [5.41, 5.74) is 4.23. The first-order chi connectivity index (χ1) is 13.8. The van der Waals surface area contributed by atoms with Gasteiger partial charge < -0.3 is 4.84 Å². The summed E-state index contributed by atoms with van der Waals surface area (Å²) in [6, 6.07) is 23.2. The Morgan fingerprint density at radius 2 is 1.66 bits per heavy atom. The van der Waals surface area contributed by atoms with Gasteiger partial charge in [-0.2, -0.15) is 12.6 Å². The quantitative estimate of drug-likeness (QED) is 0.233. The van der Waals surface area contributed by atoms with Gasteiger partial charge in [0.1, 0.15) is 12.3 Å². The number of hydrogen-bond acceptors (Lipinski definition) is 4. The van der Waals surface area contributed by atoms with Crippen molar-refractivity contribution in [1.82, 2.24) is 4.90 Å². The van der Waals surface area contributed by atoms with E-state index in [-0.39, 0.29) is 7.43 Å². The zero-order valence-corrected chi connectivity index (χ0v) is 16.9. The lowest BCUT2D eigenvalue weighted by molar-refractivity contribution is 0.119. The Morgan fingerprint density at radius 1 is 0.931 bits per heavy atom. The third-order valence-corrected chi connectivity index (χ3v) is 5.67. The number of hydrogen-bond donors (Lipinski definition) is 1. The summed E-state index contributed by atoms with van der Waals surface area (Å²) in [6.07, 6.45) is 2.59. The van der Waals surface area contributed by atoms with Crippen molar-refractivity contribution >= 4 is 29.1 Å². The van der Waals surface area contributed by atoms with Crippen molar-refractivity contribution in [2.24, 2.45) is 5.16 Å². The first kappa shape index (κ1) is 21.4. The first-order valence-corrected chi connectivity index (χ1v) is 10.6. The maximum atomic E-state index is 5.80. The monoisotopic (exact) mass is 406 g/mol. The van der Waals surface area contributed by atoms with Crippen LogP contribution in [0.4, 0.5) is 0 Å². The molecule has 0 aliphatic carbocycles. The van der Waals surface area contributed by atoms with Crippen molar-refractivity contribution in [3.8, 4) is 0 Å². The highest BCUT2D eigenvalue weighted by Gasteiger charge is 2.13. The highest BCUT2D eigenvalue weighted by atomic mass is 32.1. The second-order valence-corrected chi connectivity index (χ2v) is 7.52. The van der Waals surface area contributed by atoms with E-state index in [2.05, 4.69) is 89.4 Å². The van der Waals surface area contributed by atoms with E-state index in [9.17, 15) is 0 Å². The molecule has 0 atom stereocenters. The van der Waals surface area contributed by atoms with Crippen molar-refractivity contribution in [1.29, 1.82) is 0 Å². The standard InChI is InChI=1S/C24H26N2OS.CH4/c28-18-19-10-12-21(13-11-19)24(25-27-17-16-26-14-3-4-15-26)23-9-5-7-20-6-1-2-8-22(20)23;/h1-2,5-13,28H,3-4,14-18H2;1H4/b25-24-;. The molecule has 0 saturated carbocycles. The van der Waals surface area contributed by atoms with E-state index >= 15 is 0 Å². The molecule has 0 N–H and O–H groups in total. The van der Waals surface area contributed by atoms with E-state index in [4.69, 9.17) is 4.84 Å². The van der Waals surface area contributed by atoms with Gasteiger partial charge in [0, 0.05) is 23.4 Å². The zero-order valence-electron chi connectivity index (χ0n) is 16.1. The largest absolute Gasteiger partial charge is 0.394 e. The van der Waals surface area contributed by atoms with E-state index in [0.717, 1.165) is 29.1 Å². The van der Waals surface area contributed by atoms with Gasteiger partial charge in [0.2, 0.25) is 0 Å². The van der Waals surface area contributed by atoms with Crippen LogP contribution in [0.5, 0.6) is 0 Å². The van der Waals surface area contributed by atoms with Crippen molar-refractivity contribution in [3.63, 3.8) is 0 Å². The molecule has 29 heavy (non-hydrogen) atoms. The van der Waals surface area contributed by atoms with Crippen molar-refractivity contribution in [3.05, 3.63) is 83.4 Å². The molecule has 0 bridgehead atoms. The predicted octanol–water partition coefficient (Wildman–Crippen LogP) is 5.77. The minimum Gasteiger partial charge on any atom is -0.394 e. The molecule has 1 aliphatic rings. The zero-order chi connectivity index (χ0) is 19.2. The lowest BCUT2D eigenvalue weighted by Gasteiger charge is -2.14. The Hall–Kier alpha value is -2.30. The summed E-state index contributed by atoms with van der Waals surface area (Å²) in [7, 11) is 0. The first-order valence-electron chi connectivity index (χ1n) is 9.96. The van der Waals surface area contributed by atoms with Gasteiger partial charge in [-0.1, -0.05) is 79.3 Å². The van der Waals surface area contributed by atoms with Crippen LogP contribution in [-0.4, -0.2) is 36.9 Å². The molecule has 1 aliphatic heterocycles. The summed E-state index contributed by atoms with van der Waals surface area (Å²) in [5, 5.41) is 6.99. The number of thiol groups is 1. The molecule has 0 amide bonds. The Bertz CT molecular complexity index is 941. The second-order valence-electron chi connectivity index (χ2n) is 7.20. The van der Waals surface area contributed by atoms with E-state index < -0.39 is 0 Å². The molecule has 0 unspecified atom stereocenters. The second kappa shape index (κ2) is 10.5. The van der Waals surface area contributed by atoms with Crippen molar-refractivity contribution in [2.45, 2.75) is 26.0 Å². The van der Waals surface area contributed by atoms with Gasteiger partial charge in [0.15, 0.2) is 0 Å². The molecule has 3 aromatic carbocycles. The lowest BCUT2D eigenvalue weighted by atomic mass is 9.96. The molecule has 3 nitrogen and oxygen atoms in total. The molecule has 4 heteroatoms. The summed E-state index contributed by atoms with van der Waals surface area (Å²) in [5.74, 6) is 0.730. The predicted molar refractivity (Wildman–Crippen MR) is 127 cm³/mol.